The molecule has 22 heavy (non-hydrogen) atoms. The molecule has 1 heterocycles. The third kappa shape index (κ3) is 6.50. The smallest absolute Gasteiger partial charge is 0.242 e. The van der Waals surface area contributed by atoms with Gasteiger partial charge in [-0.15, -0.1) is 0 Å². The van der Waals surface area contributed by atoms with E-state index < -0.39 is 0 Å². The molecular weight excluding hydrogens is 276 g/mol. The molecule has 0 aliphatic carbocycles. The summed E-state index contributed by atoms with van der Waals surface area (Å²) in [5.41, 5.74) is 6.69. The van der Waals surface area contributed by atoms with Crippen LogP contribution in [0.5, 0.6) is 5.88 Å². The van der Waals surface area contributed by atoms with Crippen LogP contribution in [-0.4, -0.2) is 23.1 Å². The molecule has 0 aliphatic rings. The second kappa shape index (κ2) is 10.2. The zero-order valence-corrected chi connectivity index (χ0v) is 14.6. The van der Waals surface area contributed by atoms with Crippen LogP contribution in [0.3, 0.4) is 0 Å². The first-order chi connectivity index (χ1) is 10.6. The molecule has 0 amide bonds. The quantitative estimate of drug-likeness (QED) is 0.604. The lowest BCUT2D eigenvalue weighted by Crippen LogP contribution is -2.13. The fraction of sp³-hybridized carbons (Fsp3) is 0.765. The molecule has 0 radical (unpaired) electrons. The average molecular weight is 308 g/mol. The Morgan fingerprint density at radius 2 is 1.86 bits per heavy atom. The van der Waals surface area contributed by atoms with Gasteiger partial charge in [-0.05, 0) is 18.8 Å². The van der Waals surface area contributed by atoms with E-state index in [1.165, 1.54) is 19.3 Å². The Morgan fingerprint density at radius 1 is 1.09 bits per heavy atom. The van der Waals surface area contributed by atoms with Gasteiger partial charge in [-0.1, -0.05) is 47.0 Å². The van der Waals surface area contributed by atoms with Gasteiger partial charge in [0.1, 0.15) is 11.5 Å². The first kappa shape index (κ1) is 18.5. The maximum absolute atomic E-state index is 6.16. The zero-order chi connectivity index (χ0) is 16.4. The average Bonchev–Trinajstić information content (AvgIpc) is 2.48. The van der Waals surface area contributed by atoms with Gasteiger partial charge in [-0.2, -0.15) is 4.98 Å². The van der Waals surface area contributed by atoms with Gasteiger partial charge in [0.2, 0.25) is 5.88 Å². The lowest BCUT2D eigenvalue weighted by Gasteiger charge is -2.15. The van der Waals surface area contributed by atoms with Crippen LogP contribution in [0.15, 0.2) is 0 Å². The molecule has 0 aliphatic heterocycles. The first-order valence-electron chi connectivity index (χ1n) is 8.61. The summed E-state index contributed by atoms with van der Waals surface area (Å²) in [6, 6.07) is 0. The van der Waals surface area contributed by atoms with E-state index in [1.54, 1.807) is 0 Å². The van der Waals surface area contributed by atoms with E-state index in [9.17, 15) is 0 Å². The van der Waals surface area contributed by atoms with Crippen molar-refractivity contribution < 1.29 is 4.74 Å². The number of rotatable bonds is 11. The summed E-state index contributed by atoms with van der Waals surface area (Å²) in [6.45, 7) is 10.0. The molecule has 5 nitrogen and oxygen atoms in total. The van der Waals surface area contributed by atoms with Crippen LogP contribution >= 0.6 is 0 Å². The molecule has 0 bridgehead atoms. The number of unbranched alkanes of at least 4 members (excludes halogenated alkanes) is 3. The fourth-order valence-corrected chi connectivity index (χ4v) is 2.08. The Morgan fingerprint density at radius 3 is 2.50 bits per heavy atom. The normalized spacial score (nSPS) is 11.0. The number of hydrogen-bond acceptors (Lipinski definition) is 5. The second-order valence-corrected chi connectivity index (χ2v) is 6.15. The largest absolute Gasteiger partial charge is 0.476 e. The summed E-state index contributed by atoms with van der Waals surface area (Å²) in [6.07, 6.45) is 6.70. The van der Waals surface area contributed by atoms with Crippen LogP contribution in [0, 0.1) is 5.92 Å². The van der Waals surface area contributed by atoms with E-state index in [0.29, 0.717) is 29.9 Å². The number of aromatic nitrogens is 2. The number of ether oxygens (including phenoxy) is 1. The molecule has 0 aromatic carbocycles. The van der Waals surface area contributed by atoms with Crippen molar-refractivity contribution in [3.63, 3.8) is 0 Å². The summed E-state index contributed by atoms with van der Waals surface area (Å²) in [4.78, 5) is 8.99. The van der Waals surface area contributed by atoms with Gasteiger partial charge in [-0.25, -0.2) is 4.98 Å². The first-order valence-corrected chi connectivity index (χ1v) is 8.61. The Balaban J connectivity index is 2.75. The maximum Gasteiger partial charge on any atom is 0.242 e. The molecule has 1 aromatic heterocycles. The van der Waals surface area contributed by atoms with Crippen LogP contribution in [-0.2, 0) is 6.42 Å². The second-order valence-electron chi connectivity index (χ2n) is 6.15. The van der Waals surface area contributed by atoms with E-state index in [2.05, 4.69) is 43.0 Å². The minimum atomic E-state index is 0.439. The molecule has 126 valence electrons. The van der Waals surface area contributed by atoms with E-state index in [-0.39, 0.29) is 0 Å². The number of hydrogen-bond donors (Lipinski definition) is 2. The summed E-state index contributed by atoms with van der Waals surface area (Å²) in [5.74, 6) is 2.47. The van der Waals surface area contributed by atoms with Crippen molar-refractivity contribution in [1.29, 1.82) is 0 Å². The Bertz CT molecular complexity index is 435. The fourth-order valence-electron chi connectivity index (χ4n) is 2.08. The van der Waals surface area contributed by atoms with E-state index in [4.69, 9.17) is 10.5 Å². The number of nitrogens with one attached hydrogen (secondary N) is 1. The summed E-state index contributed by atoms with van der Waals surface area (Å²) >= 11 is 0. The monoisotopic (exact) mass is 308 g/mol. The molecule has 3 N–H and O–H groups in total. The van der Waals surface area contributed by atoms with Crippen molar-refractivity contribution in [2.75, 3.05) is 24.2 Å². The summed E-state index contributed by atoms with van der Waals surface area (Å²) < 4.78 is 5.75. The topological polar surface area (TPSA) is 73.1 Å². The Labute approximate surface area is 135 Å². The molecule has 0 saturated heterocycles. The third-order valence-corrected chi connectivity index (χ3v) is 3.31. The molecule has 0 saturated carbocycles. The van der Waals surface area contributed by atoms with Crippen molar-refractivity contribution in [2.45, 2.75) is 66.2 Å². The standard InChI is InChI=1S/C17H32N4O/c1-5-7-8-9-11-19-16-15(18)17(22-12-13(3)4)21-14(20-16)10-6-2/h13H,5-12,18H2,1-4H3,(H,19,20,21). The van der Waals surface area contributed by atoms with Crippen LogP contribution in [0.2, 0.25) is 0 Å². The minimum Gasteiger partial charge on any atom is -0.476 e. The molecule has 0 spiro atoms. The Hall–Kier alpha value is -1.52. The molecule has 0 fully saturated rings. The van der Waals surface area contributed by atoms with E-state index >= 15 is 0 Å². The van der Waals surface area contributed by atoms with Gasteiger partial charge in [0, 0.05) is 13.0 Å². The van der Waals surface area contributed by atoms with Crippen molar-refractivity contribution in [1.82, 2.24) is 9.97 Å². The molecule has 1 aromatic rings. The molecule has 1 rings (SSSR count). The third-order valence-electron chi connectivity index (χ3n) is 3.31. The van der Waals surface area contributed by atoms with Gasteiger partial charge in [0.25, 0.3) is 0 Å². The van der Waals surface area contributed by atoms with Crippen LogP contribution in [0.1, 0.15) is 65.6 Å². The van der Waals surface area contributed by atoms with Gasteiger partial charge in [0.15, 0.2) is 5.82 Å². The highest BCUT2D eigenvalue weighted by Gasteiger charge is 2.13. The highest BCUT2D eigenvalue weighted by molar-refractivity contribution is 5.66. The Kier molecular flexibility index (Phi) is 8.63. The zero-order valence-electron chi connectivity index (χ0n) is 14.6. The highest BCUT2D eigenvalue weighted by atomic mass is 16.5. The number of aryl methyl sites for hydroxylation is 1. The molecule has 0 unspecified atom stereocenters. The van der Waals surface area contributed by atoms with Gasteiger partial charge < -0.3 is 15.8 Å². The number of nitrogens with two attached hydrogens (primary N) is 1. The van der Waals surface area contributed by atoms with Crippen molar-refractivity contribution in [3.8, 4) is 5.88 Å². The van der Waals surface area contributed by atoms with Gasteiger partial charge >= 0.3 is 0 Å². The SMILES string of the molecule is CCCCCCNc1nc(CCC)nc(OCC(C)C)c1N. The summed E-state index contributed by atoms with van der Waals surface area (Å²) in [7, 11) is 0. The van der Waals surface area contributed by atoms with Gasteiger partial charge in [0.05, 0.1) is 6.61 Å². The minimum absolute atomic E-state index is 0.439. The number of nitrogen functional groups attached to an aromatic ring is 1. The predicted molar refractivity (Wildman–Crippen MR) is 93.4 cm³/mol. The molecular formula is C17H32N4O. The van der Waals surface area contributed by atoms with Crippen molar-refractivity contribution in [2.24, 2.45) is 5.92 Å². The van der Waals surface area contributed by atoms with Crippen molar-refractivity contribution >= 4 is 11.5 Å². The van der Waals surface area contributed by atoms with Gasteiger partial charge in [-0.3, -0.25) is 0 Å². The van der Waals surface area contributed by atoms with Crippen LogP contribution in [0.4, 0.5) is 11.5 Å². The van der Waals surface area contributed by atoms with Crippen molar-refractivity contribution in [3.05, 3.63) is 5.82 Å². The van der Waals surface area contributed by atoms with Crippen LogP contribution in [0.25, 0.3) is 0 Å². The van der Waals surface area contributed by atoms with Crippen LogP contribution < -0.4 is 15.8 Å². The number of anilines is 2. The predicted octanol–water partition coefficient (Wildman–Crippen LogP) is 4.04. The lowest BCUT2D eigenvalue weighted by atomic mass is 10.2. The summed E-state index contributed by atoms with van der Waals surface area (Å²) in [5, 5.41) is 3.34. The molecule has 0 atom stereocenters. The number of nitrogens with zero attached hydrogens (tertiary/aromatic N) is 2. The van der Waals surface area contributed by atoms with E-state index in [1.807, 2.05) is 0 Å². The van der Waals surface area contributed by atoms with E-state index in [0.717, 1.165) is 31.6 Å². The highest BCUT2D eigenvalue weighted by Crippen LogP contribution is 2.27. The maximum atomic E-state index is 6.16. The molecule has 5 heteroatoms. The lowest BCUT2D eigenvalue weighted by molar-refractivity contribution is 0.262.